The van der Waals surface area contributed by atoms with Crippen LogP contribution >= 0.6 is 23.2 Å². The number of nitrogens with zero attached hydrogens (tertiary/aromatic N) is 1. The lowest BCUT2D eigenvalue weighted by Gasteiger charge is -2.34. The Morgan fingerprint density at radius 2 is 2.11 bits per heavy atom. The summed E-state index contributed by atoms with van der Waals surface area (Å²) in [6, 6.07) is 5.52. The van der Waals surface area contributed by atoms with Gasteiger partial charge in [-0.25, -0.2) is 0 Å². The topological polar surface area (TPSA) is 32.3 Å². The van der Waals surface area contributed by atoms with Crippen LogP contribution < -0.4 is 5.32 Å². The number of carbonyl (C=O) groups excluding carboxylic acids is 1. The van der Waals surface area contributed by atoms with E-state index in [9.17, 15) is 4.79 Å². The van der Waals surface area contributed by atoms with Gasteiger partial charge < -0.3 is 10.2 Å². The fourth-order valence-corrected chi connectivity index (χ4v) is 2.70. The van der Waals surface area contributed by atoms with E-state index in [0.717, 1.165) is 25.2 Å². The molecule has 3 nitrogen and oxygen atoms in total. The van der Waals surface area contributed by atoms with Crippen molar-refractivity contribution in [3.05, 3.63) is 33.8 Å². The first-order chi connectivity index (χ1) is 8.59. The summed E-state index contributed by atoms with van der Waals surface area (Å²) in [5, 5.41) is 4.37. The molecule has 0 aromatic heterocycles. The number of nitrogens with one attached hydrogen (secondary N) is 1. The number of halogens is 2. The minimum Gasteiger partial charge on any atom is -0.337 e. The van der Waals surface area contributed by atoms with Crippen LogP contribution in [0.2, 0.25) is 10.0 Å². The maximum Gasteiger partial charge on any atom is 0.227 e. The monoisotopic (exact) mass is 286 g/mol. The van der Waals surface area contributed by atoms with E-state index >= 15 is 0 Å². The smallest absolute Gasteiger partial charge is 0.227 e. The summed E-state index contributed by atoms with van der Waals surface area (Å²) in [5.41, 5.74) is 0.719. The van der Waals surface area contributed by atoms with Crippen LogP contribution in [0.3, 0.4) is 0 Å². The highest BCUT2D eigenvalue weighted by atomic mass is 35.5. The molecule has 1 aliphatic rings. The molecule has 1 amide bonds. The van der Waals surface area contributed by atoms with Gasteiger partial charge in [0.15, 0.2) is 0 Å². The third-order valence-electron chi connectivity index (χ3n) is 3.21. The van der Waals surface area contributed by atoms with Gasteiger partial charge in [-0.1, -0.05) is 29.3 Å². The number of benzene rings is 1. The van der Waals surface area contributed by atoms with Crippen LogP contribution in [-0.4, -0.2) is 36.5 Å². The highest BCUT2D eigenvalue weighted by Gasteiger charge is 2.24. The SMILES string of the molecule is C[C@@H]1CNCCN1C(=O)Cc1c(Cl)cccc1Cl. The lowest BCUT2D eigenvalue weighted by molar-refractivity contribution is -0.133. The van der Waals surface area contributed by atoms with Gasteiger partial charge in [-0.3, -0.25) is 4.79 Å². The van der Waals surface area contributed by atoms with Gasteiger partial charge in [0.05, 0.1) is 6.42 Å². The first kappa shape index (κ1) is 13.7. The van der Waals surface area contributed by atoms with E-state index in [0.29, 0.717) is 10.0 Å². The summed E-state index contributed by atoms with van der Waals surface area (Å²) in [4.78, 5) is 14.1. The fourth-order valence-electron chi connectivity index (χ4n) is 2.17. The summed E-state index contributed by atoms with van der Waals surface area (Å²) in [6.45, 7) is 4.45. The Morgan fingerprint density at radius 1 is 1.44 bits per heavy atom. The zero-order valence-electron chi connectivity index (χ0n) is 10.2. The maximum absolute atomic E-state index is 12.3. The largest absolute Gasteiger partial charge is 0.337 e. The van der Waals surface area contributed by atoms with E-state index in [1.165, 1.54) is 0 Å². The number of carbonyl (C=O) groups is 1. The molecule has 1 saturated heterocycles. The van der Waals surface area contributed by atoms with Crippen molar-refractivity contribution in [3.8, 4) is 0 Å². The third kappa shape index (κ3) is 2.97. The van der Waals surface area contributed by atoms with Crippen molar-refractivity contribution in [2.45, 2.75) is 19.4 Å². The van der Waals surface area contributed by atoms with Crippen molar-refractivity contribution in [2.24, 2.45) is 0 Å². The highest BCUT2D eigenvalue weighted by Crippen LogP contribution is 2.25. The molecule has 0 aliphatic carbocycles. The predicted molar refractivity (Wildman–Crippen MR) is 74.2 cm³/mol. The van der Waals surface area contributed by atoms with Crippen molar-refractivity contribution < 1.29 is 4.79 Å². The van der Waals surface area contributed by atoms with Crippen LogP contribution in [0.25, 0.3) is 0 Å². The molecule has 0 unspecified atom stereocenters. The Bertz CT molecular complexity index is 430. The van der Waals surface area contributed by atoms with Gasteiger partial charge in [-0.15, -0.1) is 0 Å². The molecule has 0 saturated carbocycles. The molecule has 1 aliphatic heterocycles. The Labute approximate surface area is 117 Å². The molecule has 1 N–H and O–H groups in total. The van der Waals surface area contributed by atoms with Gasteiger partial charge in [-0.2, -0.15) is 0 Å². The van der Waals surface area contributed by atoms with Crippen LogP contribution in [0.15, 0.2) is 18.2 Å². The molecule has 18 heavy (non-hydrogen) atoms. The van der Waals surface area contributed by atoms with Gasteiger partial charge in [0.2, 0.25) is 5.91 Å². The number of piperazine rings is 1. The molecule has 98 valence electrons. The van der Waals surface area contributed by atoms with Crippen molar-refractivity contribution in [1.29, 1.82) is 0 Å². The van der Waals surface area contributed by atoms with Crippen LogP contribution in [0.4, 0.5) is 0 Å². The molecular formula is C13H16Cl2N2O. The van der Waals surface area contributed by atoms with Crippen molar-refractivity contribution in [1.82, 2.24) is 10.2 Å². The second-order valence-corrected chi connectivity index (χ2v) is 5.33. The van der Waals surface area contributed by atoms with Gasteiger partial charge >= 0.3 is 0 Å². The third-order valence-corrected chi connectivity index (χ3v) is 3.92. The number of amides is 1. The van der Waals surface area contributed by atoms with Gasteiger partial charge in [0.25, 0.3) is 0 Å². The van der Waals surface area contributed by atoms with E-state index in [1.54, 1.807) is 18.2 Å². The molecule has 1 fully saturated rings. The van der Waals surface area contributed by atoms with Crippen LogP contribution in [0.5, 0.6) is 0 Å². The van der Waals surface area contributed by atoms with Crippen LogP contribution in [0.1, 0.15) is 12.5 Å². The summed E-state index contributed by atoms with van der Waals surface area (Å²) in [5.74, 6) is 0.0824. The highest BCUT2D eigenvalue weighted by molar-refractivity contribution is 6.36. The minimum atomic E-state index is 0.0824. The van der Waals surface area contributed by atoms with Gasteiger partial charge in [0.1, 0.15) is 0 Å². The quantitative estimate of drug-likeness (QED) is 0.905. The Balaban J connectivity index is 2.11. The normalized spacial score (nSPS) is 19.9. The van der Waals surface area contributed by atoms with E-state index in [-0.39, 0.29) is 18.4 Å². The van der Waals surface area contributed by atoms with Crippen molar-refractivity contribution >= 4 is 29.1 Å². The molecule has 0 radical (unpaired) electrons. The molecule has 0 spiro atoms. The van der Waals surface area contributed by atoms with Crippen molar-refractivity contribution in [3.63, 3.8) is 0 Å². The zero-order chi connectivity index (χ0) is 13.1. The fraction of sp³-hybridized carbons (Fsp3) is 0.462. The molecule has 5 heteroatoms. The molecule has 1 atom stereocenters. The standard InChI is InChI=1S/C13H16Cl2N2O/c1-9-8-16-5-6-17(9)13(18)7-10-11(14)3-2-4-12(10)15/h2-4,9,16H,5-8H2,1H3/t9-/m1/s1. The minimum absolute atomic E-state index is 0.0824. The maximum atomic E-state index is 12.3. The van der Waals surface area contributed by atoms with Crippen LogP contribution in [-0.2, 0) is 11.2 Å². The zero-order valence-corrected chi connectivity index (χ0v) is 11.8. The van der Waals surface area contributed by atoms with Crippen molar-refractivity contribution in [2.75, 3.05) is 19.6 Å². The Hall–Kier alpha value is -0.770. The Morgan fingerprint density at radius 3 is 2.72 bits per heavy atom. The second-order valence-electron chi connectivity index (χ2n) is 4.52. The number of hydrogen-bond donors (Lipinski definition) is 1. The molecular weight excluding hydrogens is 271 g/mol. The predicted octanol–water partition coefficient (Wildman–Crippen LogP) is 2.36. The first-order valence-electron chi connectivity index (χ1n) is 6.02. The molecule has 2 rings (SSSR count). The van der Waals surface area contributed by atoms with Crippen LogP contribution in [0, 0.1) is 0 Å². The Kier molecular flexibility index (Phi) is 4.49. The van der Waals surface area contributed by atoms with Gasteiger partial charge in [0, 0.05) is 35.7 Å². The second kappa shape index (κ2) is 5.91. The molecule has 1 aromatic rings. The van der Waals surface area contributed by atoms with E-state index in [4.69, 9.17) is 23.2 Å². The average molecular weight is 287 g/mol. The van der Waals surface area contributed by atoms with E-state index < -0.39 is 0 Å². The summed E-state index contributed by atoms with van der Waals surface area (Å²) >= 11 is 12.2. The molecule has 1 aromatic carbocycles. The lowest BCUT2D eigenvalue weighted by atomic mass is 10.1. The number of rotatable bonds is 2. The summed E-state index contributed by atoms with van der Waals surface area (Å²) in [7, 11) is 0. The number of hydrogen-bond acceptors (Lipinski definition) is 2. The summed E-state index contributed by atoms with van der Waals surface area (Å²) < 4.78 is 0. The molecule has 0 bridgehead atoms. The first-order valence-corrected chi connectivity index (χ1v) is 6.78. The van der Waals surface area contributed by atoms with E-state index in [2.05, 4.69) is 5.32 Å². The summed E-state index contributed by atoms with van der Waals surface area (Å²) in [6.07, 6.45) is 0.267. The average Bonchev–Trinajstić information content (AvgIpc) is 2.34. The van der Waals surface area contributed by atoms with E-state index in [1.807, 2.05) is 11.8 Å². The molecule has 1 heterocycles. The lowest BCUT2D eigenvalue weighted by Crippen LogP contribution is -2.52. The van der Waals surface area contributed by atoms with Gasteiger partial charge in [-0.05, 0) is 24.6 Å².